The van der Waals surface area contributed by atoms with E-state index >= 15 is 0 Å². The number of ether oxygens (including phenoxy) is 2. The van der Waals surface area contributed by atoms with Crippen molar-refractivity contribution < 1.29 is 31.6 Å². The number of nitro groups is 1. The van der Waals surface area contributed by atoms with E-state index in [9.17, 15) is 27.3 Å². The molecule has 20 heavy (non-hydrogen) atoms. The topological polar surface area (TPSA) is 95.7 Å². The number of non-ortho nitro benzene ring substituents is 1. The van der Waals surface area contributed by atoms with Gasteiger partial charge in [-0.25, -0.2) is 8.42 Å². The number of benzene rings is 1. The summed E-state index contributed by atoms with van der Waals surface area (Å²) in [5, 5.41) is 10.7. The molecule has 7 nitrogen and oxygen atoms in total. The van der Waals surface area contributed by atoms with E-state index in [4.69, 9.17) is 15.4 Å². The summed E-state index contributed by atoms with van der Waals surface area (Å²) in [6.07, 6.45) is 0. The predicted molar refractivity (Wildman–Crippen MR) is 63.9 cm³/mol. The van der Waals surface area contributed by atoms with Crippen LogP contribution in [0.3, 0.4) is 0 Å². The quantitative estimate of drug-likeness (QED) is 0.451. The van der Waals surface area contributed by atoms with Crippen LogP contribution in [-0.4, -0.2) is 26.6 Å². The molecule has 1 aromatic rings. The Morgan fingerprint density at radius 3 is 2.45 bits per heavy atom. The molecule has 0 amide bonds. The standard InChI is InChI=1S/C9H8ClF2NO6S/c1-2-18-8-6(19-9(11)12)3-5(13(14)15)4-7(8)20(10,16)17/h3-4,9H,2H2,1H3. The van der Waals surface area contributed by atoms with Gasteiger partial charge in [0.15, 0.2) is 11.5 Å². The minimum absolute atomic E-state index is 0.0865. The second-order valence-electron chi connectivity index (χ2n) is 3.28. The fourth-order valence-corrected chi connectivity index (χ4v) is 2.31. The number of hydrogen-bond acceptors (Lipinski definition) is 6. The van der Waals surface area contributed by atoms with Crippen molar-refractivity contribution in [2.45, 2.75) is 18.4 Å². The first-order chi connectivity index (χ1) is 9.16. The number of alkyl halides is 2. The molecule has 0 aliphatic carbocycles. The third-order valence-corrected chi connectivity index (χ3v) is 3.31. The molecule has 0 radical (unpaired) electrons. The lowest BCUT2D eigenvalue weighted by molar-refractivity contribution is -0.385. The van der Waals surface area contributed by atoms with Gasteiger partial charge in [0, 0.05) is 16.7 Å². The van der Waals surface area contributed by atoms with Crippen LogP contribution < -0.4 is 9.47 Å². The first-order valence-corrected chi connectivity index (χ1v) is 7.32. The van der Waals surface area contributed by atoms with Gasteiger partial charge in [-0.05, 0) is 6.92 Å². The number of hydrogen-bond donors (Lipinski definition) is 0. The Hall–Kier alpha value is -1.68. The van der Waals surface area contributed by atoms with Gasteiger partial charge in [-0.1, -0.05) is 0 Å². The Balaban J connectivity index is 3.61. The molecule has 112 valence electrons. The summed E-state index contributed by atoms with van der Waals surface area (Å²) in [4.78, 5) is 8.88. The summed E-state index contributed by atoms with van der Waals surface area (Å²) in [6, 6.07) is 1.23. The zero-order valence-electron chi connectivity index (χ0n) is 9.88. The average molecular weight is 332 g/mol. The minimum Gasteiger partial charge on any atom is -0.489 e. The maximum absolute atomic E-state index is 12.3. The highest BCUT2D eigenvalue weighted by atomic mass is 35.7. The molecule has 0 aliphatic rings. The van der Waals surface area contributed by atoms with Crippen LogP contribution in [0.1, 0.15) is 6.92 Å². The van der Waals surface area contributed by atoms with E-state index in [1.165, 1.54) is 6.92 Å². The molecule has 0 heterocycles. The zero-order valence-corrected chi connectivity index (χ0v) is 11.5. The lowest BCUT2D eigenvalue weighted by Crippen LogP contribution is -2.08. The summed E-state index contributed by atoms with van der Waals surface area (Å²) in [5.74, 6) is -1.39. The van der Waals surface area contributed by atoms with Crippen molar-refractivity contribution in [3.05, 3.63) is 22.2 Å². The zero-order chi connectivity index (χ0) is 15.5. The van der Waals surface area contributed by atoms with E-state index < -0.39 is 42.7 Å². The summed E-state index contributed by atoms with van der Waals surface area (Å²) in [6.45, 7) is -1.95. The van der Waals surface area contributed by atoms with Crippen LogP contribution in [0.2, 0.25) is 0 Å². The highest BCUT2D eigenvalue weighted by Gasteiger charge is 2.27. The van der Waals surface area contributed by atoms with Crippen LogP contribution in [0.5, 0.6) is 11.5 Å². The SMILES string of the molecule is CCOc1c(OC(F)F)cc([N+](=O)[O-])cc1S(=O)(=O)Cl. The highest BCUT2D eigenvalue weighted by molar-refractivity contribution is 8.13. The molecule has 0 spiro atoms. The van der Waals surface area contributed by atoms with E-state index in [-0.39, 0.29) is 6.61 Å². The van der Waals surface area contributed by atoms with Crippen LogP contribution in [0.15, 0.2) is 17.0 Å². The van der Waals surface area contributed by atoms with E-state index in [1.54, 1.807) is 0 Å². The van der Waals surface area contributed by atoms with Crippen molar-refractivity contribution in [1.29, 1.82) is 0 Å². The van der Waals surface area contributed by atoms with Crippen molar-refractivity contribution in [2.75, 3.05) is 6.61 Å². The minimum atomic E-state index is -4.45. The van der Waals surface area contributed by atoms with Gasteiger partial charge in [0.2, 0.25) is 0 Å². The van der Waals surface area contributed by atoms with Gasteiger partial charge in [0.05, 0.1) is 17.6 Å². The summed E-state index contributed by atoms with van der Waals surface area (Å²) in [7, 11) is 0.659. The molecular formula is C9H8ClF2NO6S. The number of halogens is 3. The van der Waals surface area contributed by atoms with E-state index in [0.29, 0.717) is 12.1 Å². The van der Waals surface area contributed by atoms with Gasteiger partial charge in [0.1, 0.15) is 4.90 Å². The molecular weight excluding hydrogens is 324 g/mol. The van der Waals surface area contributed by atoms with Gasteiger partial charge >= 0.3 is 6.61 Å². The highest BCUT2D eigenvalue weighted by Crippen LogP contribution is 2.40. The largest absolute Gasteiger partial charge is 0.489 e. The van der Waals surface area contributed by atoms with Crippen LogP contribution >= 0.6 is 10.7 Å². The monoisotopic (exact) mass is 331 g/mol. The Labute approximate surface area is 116 Å². The van der Waals surface area contributed by atoms with Crippen LogP contribution in [0.4, 0.5) is 14.5 Å². The van der Waals surface area contributed by atoms with E-state index in [0.717, 1.165) is 0 Å². The van der Waals surface area contributed by atoms with Crippen molar-refractivity contribution in [1.82, 2.24) is 0 Å². The van der Waals surface area contributed by atoms with Crippen LogP contribution in [-0.2, 0) is 9.05 Å². The Morgan fingerprint density at radius 2 is 2.05 bits per heavy atom. The van der Waals surface area contributed by atoms with Gasteiger partial charge in [-0.3, -0.25) is 10.1 Å². The molecule has 0 fully saturated rings. The van der Waals surface area contributed by atoms with Crippen molar-refractivity contribution in [3.8, 4) is 11.5 Å². The van der Waals surface area contributed by atoms with Gasteiger partial charge in [-0.2, -0.15) is 8.78 Å². The molecule has 1 rings (SSSR count). The molecule has 0 bridgehead atoms. The Kier molecular flexibility index (Phi) is 5.06. The number of rotatable bonds is 6. The number of nitro benzene ring substituents is 1. The van der Waals surface area contributed by atoms with E-state index in [2.05, 4.69) is 4.74 Å². The Bertz CT molecular complexity index is 621. The maximum atomic E-state index is 12.3. The second-order valence-corrected chi connectivity index (χ2v) is 5.81. The summed E-state index contributed by atoms with van der Waals surface area (Å²) < 4.78 is 56.2. The second kappa shape index (κ2) is 6.18. The third kappa shape index (κ3) is 3.90. The summed E-state index contributed by atoms with van der Waals surface area (Å²) >= 11 is 0. The van der Waals surface area contributed by atoms with Gasteiger partial charge in [0.25, 0.3) is 14.7 Å². The van der Waals surface area contributed by atoms with Crippen LogP contribution in [0, 0.1) is 10.1 Å². The van der Waals surface area contributed by atoms with Crippen molar-refractivity contribution in [2.24, 2.45) is 0 Å². The smallest absolute Gasteiger partial charge is 0.387 e. The molecule has 0 saturated carbocycles. The molecule has 1 aromatic carbocycles. The average Bonchev–Trinajstić information content (AvgIpc) is 2.28. The lowest BCUT2D eigenvalue weighted by atomic mass is 10.3. The van der Waals surface area contributed by atoms with Crippen LogP contribution in [0.25, 0.3) is 0 Å². The fraction of sp³-hybridized carbons (Fsp3) is 0.333. The molecule has 0 saturated heterocycles. The third-order valence-electron chi connectivity index (χ3n) is 1.98. The first-order valence-electron chi connectivity index (χ1n) is 5.01. The molecule has 0 aromatic heterocycles. The van der Waals surface area contributed by atoms with E-state index in [1.807, 2.05) is 0 Å². The lowest BCUT2D eigenvalue weighted by Gasteiger charge is -2.13. The molecule has 0 N–H and O–H groups in total. The number of nitrogens with zero attached hydrogens (tertiary/aromatic N) is 1. The predicted octanol–water partition coefficient (Wildman–Crippen LogP) is 2.52. The normalized spacial score (nSPS) is 11.4. The molecule has 11 heteroatoms. The Morgan fingerprint density at radius 1 is 1.45 bits per heavy atom. The molecule has 0 unspecified atom stereocenters. The van der Waals surface area contributed by atoms with Gasteiger partial charge < -0.3 is 9.47 Å². The summed E-state index contributed by atoms with van der Waals surface area (Å²) in [5.41, 5.74) is -0.775. The first kappa shape index (κ1) is 16.4. The molecule has 0 aliphatic heterocycles. The maximum Gasteiger partial charge on any atom is 0.387 e. The van der Waals surface area contributed by atoms with Crippen molar-refractivity contribution >= 4 is 25.4 Å². The fourth-order valence-electron chi connectivity index (χ4n) is 1.32. The van der Waals surface area contributed by atoms with Gasteiger partial charge in [-0.15, -0.1) is 0 Å². The van der Waals surface area contributed by atoms with Crippen molar-refractivity contribution in [3.63, 3.8) is 0 Å². The molecule has 0 atom stereocenters.